The lowest BCUT2D eigenvalue weighted by atomic mass is 10.3. The second-order valence-electron chi connectivity index (χ2n) is 2.76. The maximum absolute atomic E-state index is 4.28. The number of nitrogens with zero attached hydrogens (tertiary/aromatic N) is 3. The van der Waals surface area contributed by atoms with Gasteiger partial charge in [0, 0.05) is 30.5 Å². The first-order valence-corrected chi connectivity index (χ1v) is 5.06. The summed E-state index contributed by atoms with van der Waals surface area (Å²) in [7, 11) is 1.84. The van der Waals surface area contributed by atoms with Crippen molar-refractivity contribution in [3.8, 4) is 0 Å². The number of nitrogens with one attached hydrogen (secondary N) is 1. The predicted molar refractivity (Wildman–Crippen MR) is 56.5 cm³/mol. The zero-order valence-corrected chi connectivity index (χ0v) is 8.58. The van der Waals surface area contributed by atoms with Gasteiger partial charge in [-0.05, 0) is 12.1 Å². The van der Waals surface area contributed by atoms with Gasteiger partial charge in [0.2, 0.25) is 5.13 Å². The highest BCUT2D eigenvalue weighted by atomic mass is 32.1. The third kappa shape index (κ3) is 2.05. The van der Waals surface area contributed by atoms with Gasteiger partial charge in [0.1, 0.15) is 0 Å². The Morgan fingerprint density at radius 2 is 2.36 bits per heavy atom. The summed E-state index contributed by atoms with van der Waals surface area (Å²) in [6.45, 7) is 0. The minimum Gasteiger partial charge on any atom is -0.363 e. The predicted octanol–water partition coefficient (Wildman–Crippen LogP) is 1.57. The molecule has 2 rings (SSSR count). The van der Waals surface area contributed by atoms with Gasteiger partial charge < -0.3 is 5.32 Å². The fourth-order valence-corrected chi connectivity index (χ4v) is 1.63. The molecule has 0 aliphatic carbocycles. The van der Waals surface area contributed by atoms with E-state index in [9.17, 15) is 0 Å². The maximum Gasteiger partial charge on any atom is 0.202 e. The highest BCUT2D eigenvalue weighted by molar-refractivity contribution is 7.09. The Balaban J connectivity index is 2.11. The first kappa shape index (κ1) is 9.08. The SMILES string of the molecule is CNc1nc(Cc2ccccn2)ns1. The summed E-state index contributed by atoms with van der Waals surface area (Å²) >= 11 is 1.37. The molecular weight excluding hydrogens is 196 g/mol. The van der Waals surface area contributed by atoms with Crippen molar-refractivity contribution in [3.05, 3.63) is 35.9 Å². The largest absolute Gasteiger partial charge is 0.363 e. The van der Waals surface area contributed by atoms with E-state index in [0.29, 0.717) is 6.42 Å². The molecule has 0 bridgehead atoms. The molecule has 0 fully saturated rings. The van der Waals surface area contributed by atoms with Crippen molar-refractivity contribution in [1.29, 1.82) is 0 Å². The van der Waals surface area contributed by atoms with Crippen molar-refractivity contribution >= 4 is 16.7 Å². The molecular formula is C9H10N4S. The molecule has 72 valence electrons. The van der Waals surface area contributed by atoms with E-state index in [0.717, 1.165) is 16.6 Å². The average molecular weight is 206 g/mol. The van der Waals surface area contributed by atoms with Gasteiger partial charge in [-0.25, -0.2) is 4.98 Å². The van der Waals surface area contributed by atoms with Crippen molar-refractivity contribution in [2.24, 2.45) is 0 Å². The fourth-order valence-electron chi connectivity index (χ4n) is 1.09. The molecule has 1 N–H and O–H groups in total. The van der Waals surface area contributed by atoms with E-state index in [4.69, 9.17) is 0 Å². The lowest BCUT2D eigenvalue weighted by Gasteiger charge is -1.94. The molecule has 0 radical (unpaired) electrons. The molecule has 0 spiro atoms. The zero-order valence-electron chi connectivity index (χ0n) is 7.77. The van der Waals surface area contributed by atoms with Crippen LogP contribution in [-0.4, -0.2) is 21.4 Å². The molecule has 0 aliphatic heterocycles. The van der Waals surface area contributed by atoms with E-state index in [1.807, 2.05) is 25.2 Å². The normalized spacial score (nSPS) is 10.1. The molecule has 0 saturated heterocycles. The van der Waals surface area contributed by atoms with Crippen molar-refractivity contribution in [3.63, 3.8) is 0 Å². The van der Waals surface area contributed by atoms with E-state index >= 15 is 0 Å². The summed E-state index contributed by atoms with van der Waals surface area (Å²) in [5.41, 5.74) is 0.993. The van der Waals surface area contributed by atoms with E-state index in [1.165, 1.54) is 11.5 Å². The summed E-state index contributed by atoms with van der Waals surface area (Å²) in [5, 5.41) is 3.80. The summed E-state index contributed by atoms with van der Waals surface area (Å²) in [6, 6.07) is 5.84. The summed E-state index contributed by atoms with van der Waals surface area (Å²) in [5.74, 6) is 0.818. The summed E-state index contributed by atoms with van der Waals surface area (Å²) in [4.78, 5) is 8.49. The smallest absolute Gasteiger partial charge is 0.202 e. The van der Waals surface area contributed by atoms with Gasteiger partial charge in [-0.2, -0.15) is 4.37 Å². The highest BCUT2D eigenvalue weighted by Crippen LogP contribution is 2.11. The molecule has 4 nitrogen and oxygen atoms in total. The van der Waals surface area contributed by atoms with Crippen LogP contribution in [0.5, 0.6) is 0 Å². The minimum atomic E-state index is 0.693. The Hall–Kier alpha value is -1.49. The number of hydrogen-bond acceptors (Lipinski definition) is 5. The number of aromatic nitrogens is 3. The third-order valence-electron chi connectivity index (χ3n) is 1.75. The Morgan fingerprint density at radius 3 is 3.00 bits per heavy atom. The Kier molecular flexibility index (Phi) is 2.69. The van der Waals surface area contributed by atoms with Crippen LogP contribution < -0.4 is 5.32 Å². The average Bonchev–Trinajstić information content (AvgIpc) is 2.67. The van der Waals surface area contributed by atoms with Crippen molar-refractivity contribution in [2.45, 2.75) is 6.42 Å². The summed E-state index contributed by atoms with van der Waals surface area (Å²) in [6.07, 6.45) is 2.47. The topological polar surface area (TPSA) is 50.7 Å². The van der Waals surface area contributed by atoms with Gasteiger partial charge in [-0.15, -0.1) is 0 Å². The Bertz CT molecular complexity index is 398. The van der Waals surface area contributed by atoms with E-state index in [-0.39, 0.29) is 0 Å². The summed E-state index contributed by atoms with van der Waals surface area (Å²) < 4.78 is 4.21. The van der Waals surface area contributed by atoms with Gasteiger partial charge >= 0.3 is 0 Å². The van der Waals surface area contributed by atoms with Gasteiger partial charge in [0.15, 0.2) is 5.82 Å². The molecule has 0 saturated carbocycles. The van der Waals surface area contributed by atoms with Crippen LogP contribution in [0.15, 0.2) is 24.4 Å². The van der Waals surface area contributed by atoms with Gasteiger partial charge in [0.05, 0.1) is 6.42 Å². The molecule has 2 aromatic rings. The van der Waals surface area contributed by atoms with Crippen LogP contribution in [0.25, 0.3) is 0 Å². The van der Waals surface area contributed by atoms with E-state index in [1.54, 1.807) is 6.20 Å². The van der Waals surface area contributed by atoms with Crippen LogP contribution in [0, 0.1) is 0 Å². The molecule has 0 aliphatic rings. The number of hydrogen-bond donors (Lipinski definition) is 1. The second kappa shape index (κ2) is 4.15. The molecule has 2 aromatic heterocycles. The zero-order chi connectivity index (χ0) is 9.80. The molecule has 0 aromatic carbocycles. The molecule has 0 unspecified atom stereocenters. The van der Waals surface area contributed by atoms with Gasteiger partial charge in [0.25, 0.3) is 0 Å². The lowest BCUT2D eigenvalue weighted by Crippen LogP contribution is -1.94. The number of pyridine rings is 1. The van der Waals surface area contributed by atoms with Gasteiger partial charge in [-0.3, -0.25) is 4.98 Å². The van der Waals surface area contributed by atoms with Crippen molar-refractivity contribution < 1.29 is 0 Å². The van der Waals surface area contributed by atoms with Crippen LogP contribution >= 0.6 is 11.5 Å². The molecule has 14 heavy (non-hydrogen) atoms. The minimum absolute atomic E-state index is 0.693. The van der Waals surface area contributed by atoms with Crippen LogP contribution in [0.2, 0.25) is 0 Å². The van der Waals surface area contributed by atoms with Crippen LogP contribution in [0.4, 0.5) is 5.13 Å². The maximum atomic E-state index is 4.28. The quantitative estimate of drug-likeness (QED) is 0.828. The Labute approximate surface area is 86.2 Å². The molecule has 5 heteroatoms. The highest BCUT2D eigenvalue weighted by Gasteiger charge is 2.03. The van der Waals surface area contributed by atoms with Crippen LogP contribution in [0.1, 0.15) is 11.5 Å². The van der Waals surface area contributed by atoms with E-state index < -0.39 is 0 Å². The molecule has 0 amide bonds. The van der Waals surface area contributed by atoms with Crippen LogP contribution in [0.3, 0.4) is 0 Å². The van der Waals surface area contributed by atoms with E-state index in [2.05, 4.69) is 19.7 Å². The van der Waals surface area contributed by atoms with Crippen LogP contribution in [-0.2, 0) is 6.42 Å². The molecule has 2 heterocycles. The van der Waals surface area contributed by atoms with Crippen molar-refractivity contribution in [2.75, 3.05) is 12.4 Å². The molecule has 0 atom stereocenters. The second-order valence-corrected chi connectivity index (χ2v) is 3.52. The van der Waals surface area contributed by atoms with Gasteiger partial charge in [-0.1, -0.05) is 6.07 Å². The lowest BCUT2D eigenvalue weighted by molar-refractivity contribution is 0.985. The standard InChI is InChI=1S/C9H10N4S/c1-10-9-12-8(13-14-9)6-7-4-2-3-5-11-7/h2-5H,6H2,1H3,(H,10,12,13). The Morgan fingerprint density at radius 1 is 1.43 bits per heavy atom. The van der Waals surface area contributed by atoms with Crippen molar-refractivity contribution in [1.82, 2.24) is 14.3 Å². The third-order valence-corrected chi connectivity index (χ3v) is 2.52. The monoisotopic (exact) mass is 206 g/mol. The first-order chi connectivity index (χ1) is 6.88. The first-order valence-electron chi connectivity index (χ1n) is 4.29. The fraction of sp³-hybridized carbons (Fsp3) is 0.222. The number of rotatable bonds is 3. The number of anilines is 1.